The highest BCUT2D eigenvalue weighted by molar-refractivity contribution is 5.92. The zero-order valence-electron chi connectivity index (χ0n) is 20.7. The van der Waals surface area contributed by atoms with Crippen molar-refractivity contribution in [3.8, 4) is 0 Å². The lowest BCUT2D eigenvalue weighted by atomic mass is 9.75. The second-order valence-electron chi connectivity index (χ2n) is 10.3. The number of fused-ring (bicyclic) bond motifs is 3. The summed E-state index contributed by atoms with van der Waals surface area (Å²) in [4.78, 5) is 37.8. The number of hydrogen-bond donors (Lipinski definition) is 2. The lowest BCUT2D eigenvalue weighted by molar-refractivity contribution is -0.277. The molecule has 34 heavy (non-hydrogen) atoms. The van der Waals surface area contributed by atoms with Crippen molar-refractivity contribution >= 4 is 17.7 Å². The summed E-state index contributed by atoms with van der Waals surface area (Å²) in [5, 5.41) is 23.2. The van der Waals surface area contributed by atoms with Gasteiger partial charge in [0.15, 0.2) is 11.9 Å². The number of carbonyl (C=O) groups excluding carboxylic acids is 3. The molecule has 9 heteroatoms. The minimum absolute atomic E-state index is 0.0323. The molecule has 0 radical (unpaired) electrons. The van der Waals surface area contributed by atoms with Crippen LogP contribution in [0.3, 0.4) is 0 Å². The number of ether oxygens (including phenoxy) is 4. The summed E-state index contributed by atoms with van der Waals surface area (Å²) in [5.74, 6) is -5.44. The van der Waals surface area contributed by atoms with Crippen molar-refractivity contribution in [2.24, 2.45) is 17.8 Å². The van der Waals surface area contributed by atoms with E-state index in [0.717, 1.165) is 0 Å². The number of ketones is 1. The summed E-state index contributed by atoms with van der Waals surface area (Å²) in [6.45, 7) is 13.5. The van der Waals surface area contributed by atoms with Crippen molar-refractivity contribution in [1.29, 1.82) is 0 Å². The van der Waals surface area contributed by atoms with E-state index in [0.29, 0.717) is 12.0 Å². The molecule has 3 aliphatic rings. The summed E-state index contributed by atoms with van der Waals surface area (Å²) in [6.07, 6.45) is -2.29. The smallest absolute Gasteiger partial charge is 0.334 e. The second-order valence-corrected chi connectivity index (χ2v) is 10.3. The van der Waals surface area contributed by atoms with E-state index in [1.165, 1.54) is 6.92 Å². The monoisotopic (exact) mass is 480 g/mol. The van der Waals surface area contributed by atoms with Crippen LogP contribution in [-0.2, 0) is 33.3 Å². The third-order valence-corrected chi connectivity index (χ3v) is 7.26. The van der Waals surface area contributed by atoms with Crippen LogP contribution in [0.15, 0.2) is 23.8 Å². The van der Waals surface area contributed by atoms with Gasteiger partial charge in [-0.05, 0) is 27.2 Å². The summed E-state index contributed by atoms with van der Waals surface area (Å²) in [7, 11) is 0. The van der Waals surface area contributed by atoms with E-state index in [1.54, 1.807) is 40.7 Å². The molecular weight excluding hydrogens is 444 g/mol. The van der Waals surface area contributed by atoms with Crippen LogP contribution in [0.25, 0.3) is 0 Å². The molecule has 0 saturated carbocycles. The van der Waals surface area contributed by atoms with E-state index in [9.17, 15) is 24.6 Å². The van der Waals surface area contributed by atoms with Crippen LogP contribution in [0.4, 0.5) is 0 Å². The Kier molecular flexibility index (Phi) is 7.43. The third kappa shape index (κ3) is 4.71. The van der Waals surface area contributed by atoms with Crippen LogP contribution in [0.1, 0.15) is 54.4 Å². The Labute approximate surface area is 200 Å². The van der Waals surface area contributed by atoms with Gasteiger partial charge in [-0.25, -0.2) is 9.59 Å². The molecule has 0 aliphatic carbocycles. The number of rotatable bonds is 6. The van der Waals surface area contributed by atoms with Gasteiger partial charge in [0.05, 0.1) is 17.6 Å². The first-order valence-corrected chi connectivity index (χ1v) is 11.7. The van der Waals surface area contributed by atoms with Crippen molar-refractivity contribution in [2.75, 3.05) is 6.61 Å². The largest absolute Gasteiger partial charge is 0.455 e. The van der Waals surface area contributed by atoms with Gasteiger partial charge in [0, 0.05) is 29.4 Å². The lowest BCUT2D eigenvalue weighted by Gasteiger charge is -2.41. The highest BCUT2D eigenvalue weighted by Crippen LogP contribution is 2.50. The Morgan fingerprint density at radius 1 is 1.29 bits per heavy atom. The van der Waals surface area contributed by atoms with E-state index in [2.05, 4.69) is 6.58 Å². The highest BCUT2D eigenvalue weighted by atomic mass is 16.7. The lowest BCUT2D eigenvalue weighted by Crippen LogP contribution is -2.58. The van der Waals surface area contributed by atoms with Gasteiger partial charge >= 0.3 is 11.9 Å². The number of carbonyl (C=O) groups is 3. The Hall–Kier alpha value is -2.07. The predicted octanol–water partition coefficient (Wildman–Crippen LogP) is 1.84. The molecule has 0 aromatic heterocycles. The topological polar surface area (TPSA) is 129 Å². The minimum Gasteiger partial charge on any atom is -0.455 e. The Morgan fingerprint density at radius 3 is 2.53 bits per heavy atom. The minimum atomic E-state index is -1.95. The molecule has 0 spiro atoms. The summed E-state index contributed by atoms with van der Waals surface area (Å²) >= 11 is 0. The van der Waals surface area contributed by atoms with Gasteiger partial charge < -0.3 is 29.2 Å². The van der Waals surface area contributed by atoms with Gasteiger partial charge in [-0.3, -0.25) is 4.79 Å². The van der Waals surface area contributed by atoms with Crippen LogP contribution < -0.4 is 0 Å². The molecule has 2 bridgehead atoms. The molecule has 3 rings (SSSR count). The average Bonchev–Trinajstić information content (AvgIpc) is 3.19. The van der Waals surface area contributed by atoms with Gasteiger partial charge in [0.1, 0.15) is 18.8 Å². The molecule has 0 aromatic carbocycles. The maximum atomic E-state index is 12.8. The standard InChI is InChI=1S/C25H36O9/c1-8-13(4)22(27)33-20-18-15(6)23(28)32-19(18)21(31-11-17(26)12(2)3)24(7,29)10-16-9-14(5)25(20,30)34-16/h8,12,14,16,18-21,29-30H,6,9-11H2,1-5,7H3/b13-8-/t14-,16+,18-,19-,20+,21+,24-,25-/m1/s1. The number of Topliss-reactive ketones (excluding diaryl/α,β-unsaturated/α-hetero) is 1. The van der Waals surface area contributed by atoms with Crippen molar-refractivity contribution in [3.63, 3.8) is 0 Å². The fraction of sp³-hybridized carbons (Fsp3) is 0.720. The molecular formula is C25H36O9. The summed E-state index contributed by atoms with van der Waals surface area (Å²) in [6, 6.07) is 0. The first-order chi connectivity index (χ1) is 15.7. The molecule has 0 aromatic rings. The first kappa shape index (κ1) is 26.5. The third-order valence-electron chi connectivity index (χ3n) is 7.26. The average molecular weight is 481 g/mol. The zero-order chi connectivity index (χ0) is 25.6. The van der Waals surface area contributed by atoms with Crippen LogP contribution in [0.5, 0.6) is 0 Å². The van der Waals surface area contributed by atoms with Crippen molar-refractivity contribution in [2.45, 2.75) is 90.2 Å². The molecule has 190 valence electrons. The molecule has 0 unspecified atom stereocenters. The Balaban J connectivity index is 2.11. The van der Waals surface area contributed by atoms with Gasteiger partial charge in [-0.15, -0.1) is 0 Å². The summed E-state index contributed by atoms with van der Waals surface area (Å²) in [5.41, 5.74) is -1.32. The van der Waals surface area contributed by atoms with Gasteiger partial charge in [0.25, 0.3) is 0 Å². The van der Waals surface area contributed by atoms with E-state index in [-0.39, 0.29) is 30.3 Å². The molecule has 8 atom stereocenters. The SMILES string of the molecule is C=C1C(=O)O[C@@H]2[C@@H]1[C@H](OC(=O)/C(C)=C\C)[C@]1(O)O[C@@H](C[C@H]1C)C[C@@](C)(O)[C@H]2OCC(=O)C(C)C. The van der Waals surface area contributed by atoms with Crippen LogP contribution >= 0.6 is 0 Å². The maximum Gasteiger partial charge on any atom is 0.334 e. The van der Waals surface area contributed by atoms with Crippen molar-refractivity contribution in [3.05, 3.63) is 23.8 Å². The summed E-state index contributed by atoms with van der Waals surface area (Å²) < 4.78 is 23.3. The van der Waals surface area contributed by atoms with Crippen molar-refractivity contribution < 1.29 is 43.5 Å². The van der Waals surface area contributed by atoms with E-state index in [4.69, 9.17) is 18.9 Å². The second kappa shape index (κ2) is 9.53. The fourth-order valence-electron chi connectivity index (χ4n) is 4.96. The molecule has 3 heterocycles. The Morgan fingerprint density at radius 2 is 1.94 bits per heavy atom. The quantitative estimate of drug-likeness (QED) is 0.432. The normalized spacial score (nSPS) is 40.3. The molecule has 2 N–H and O–H groups in total. The molecule has 3 fully saturated rings. The number of allylic oxidation sites excluding steroid dienone is 1. The van der Waals surface area contributed by atoms with E-state index >= 15 is 0 Å². The van der Waals surface area contributed by atoms with Gasteiger partial charge in [0.2, 0.25) is 5.79 Å². The van der Waals surface area contributed by atoms with E-state index < -0.39 is 59.6 Å². The first-order valence-electron chi connectivity index (χ1n) is 11.7. The maximum absolute atomic E-state index is 12.8. The van der Waals surface area contributed by atoms with Crippen molar-refractivity contribution in [1.82, 2.24) is 0 Å². The Bertz CT molecular complexity index is 889. The highest BCUT2D eigenvalue weighted by Gasteiger charge is 2.64. The molecule has 3 saturated heterocycles. The predicted molar refractivity (Wildman–Crippen MR) is 120 cm³/mol. The van der Waals surface area contributed by atoms with Crippen LogP contribution in [0, 0.1) is 17.8 Å². The number of hydrogen-bond acceptors (Lipinski definition) is 9. The molecule has 9 nitrogen and oxygen atoms in total. The molecule has 0 amide bonds. The number of esters is 2. The number of aliphatic hydroxyl groups is 2. The zero-order valence-corrected chi connectivity index (χ0v) is 20.7. The van der Waals surface area contributed by atoms with Gasteiger partial charge in [-0.2, -0.15) is 0 Å². The fourth-order valence-corrected chi connectivity index (χ4v) is 4.96. The van der Waals surface area contributed by atoms with Crippen LogP contribution in [0.2, 0.25) is 0 Å². The van der Waals surface area contributed by atoms with E-state index in [1.807, 2.05) is 0 Å². The van der Waals surface area contributed by atoms with Gasteiger partial charge in [-0.1, -0.05) is 33.4 Å². The molecule has 3 aliphatic heterocycles. The van der Waals surface area contributed by atoms with Crippen LogP contribution in [-0.4, -0.2) is 70.3 Å².